The van der Waals surface area contributed by atoms with E-state index in [0.29, 0.717) is 12.3 Å². The van der Waals surface area contributed by atoms with Crippen LogP contribution in [0.5, 0.6) is 0 Å². The first-order valence-corrected chi connectivity index (χ1v) is 5.11. The van der Waals surface area contributed by atoms with Gasteiger partial charge in [-0.15, -0.1) is 0 Å². The Balaban J connectivity index is 0. The smallest absolute Gasteiger partial charge is 0.390 e. The first kappa shape index (κ1) is 18.7. The summed E-state index contributed by atoms with van der Waals surface area (Å²) in [4.78, 5) is 4.07. The third-order valence-corrected chi connectivity index (χ3v) is 1.70. The van der Waals surface area contributed by atoms with Crippen LogP contribution in [-0.4, -0.2) is 24.1 Å². The van der Waals surface area contributed by atoms with E-state index in [1.165, 1.54) is 0 Å². The van der Waals surface area contributed by atoms with Crippen LogP contribution in [0.4, 0.5) is 13.2 Å². The number of alkyl halides is 3. The van der Waals surface area contributed by atoms with Crippen molar-refractivity contribution in [3.8, 4) is 0 Å². The number of aliphatic imine (C=N–C) groups is 1. The molecule has 0 heterocycles. The fourth-order valence-electron chi connectivity index (χ4n) is 0.981. The van der Waals surface area contributed by atoms with Crippen LogP contribution in [0.1, 0.15) is 40.5 Å². The van der Waals surface area contributed by atoms with Gasteiger partial charge in [-0.05, 0) is 12.5 Å². The molecule has 2 nitrogen and oxygen atoms in total. The molecule has 0 N–H and O–H groups in total. The molecular weight excluding hydrogens is 294 g/mol. The van der Waals surface area contributed by atoms with Crippen LogP contribution >= 0.6 is 0 Å². The van der Waals surface area contributed by atoms with Crippen molar-refractivity contribution in [3.63, 3.8) is 0 Å². The Kier molecular flexibility index (Phi) is 9.89. The van der Waals surface area contributed by atoms with Gasteiger partial charge in [-0.2, -0.15) is 13.2 Å². The fourth-order valence-corrected chi connectivity index (χ4v) is 0.981. The molecule has 0 spiro atoms. The van der Waals surface area contributed by atoms with Crippen molar-refractivity contribution in [3.05, 3.63) is 5.32 Å². The monoisotopic (exact) mass is 312 g/mol. The molecule has 0 aliphatic carbocycles. The maximum atomic E-state index is 12.2. The first-order valence-electron chi connectivity index (χ1n) is 5.11. The maximum Gasteiger partial charge on any atom is 0.390 e. The van der Waals surface area contributed by atoms with E-state index < -0.39 is 12.2 Å². The average Bonchev–Trinajstić information content (AvgIpc) is 2.01. The van der Waals surface area contributed by atoms with Gasteiger partial charge < -0.3 is 10.3 Å². The van der Waals surface area contributed by atoms with Crippen molar-refractivity contribution in [2.75, 3.05) is 0 Å². The minimum absolute atomic E-state index is 0. The standard InChI is InChI=1S/C10H18F3N2.Y/c1-5-6-9(14-7(2)3)15-8(4)10(11,12)13;/h7-8H,5-6H2,1-4H3;/q-1;. The number of amidine groups is 1. The summed E-state index contributed by atoms with van der Waals surface area (Å²) >= 11 is 0. The summed E-state index contributed by atoms with van der Waals surface area (Å²) in [5.74, 6) is 0.317. The molecule has 0 saturated carbocycles. The molecule has 1 radical (unpaired) electrons. The van der Waals surface area contributed by atoms with E-state index in [1.807, 2.05) is 20.8 Å². The average molecular weight is 312 g/mol. The zero-order valence-corrected chi connectivity index (χ0v) is 13.0. The van der Waals surface area contributed by atoms with Crippen LogP contribution in [0, 0.1) is 0 Å². The van der Waals surface area contributed by atoms with Crippen molar-refractivity contribution in [1.82, 2.24) is 0 Å². The van der Waals surface area contributed by atoms with Crippen molar-refractivity contribution in [2.24, 2.45) is 4.99 Å². The minimum Gasteiger partial charge on any atom is -0.466 e. The molecule has 6 heteroatoms. The number of nitrogens with zero attached hydrogens (tertiary/aromatic N) is 2. The molecule has 0 aromatic carbocycles. The molecule has 0 amide bonds. The van der Waals surface area contributed by atoms with Crippen molar-refractivity contribution in [2.45, 2.75) is 58.8 Å². The Morgan fingerprint density at radius 1 is 1.25 bits per heavy atom. The van der Waals surface area contributed by atoms with Gasteiger partial charge in [0.15, 0.2) is 0 Å². The summed E-state index contributed by atoms with van der Waals surface area (Å²) in [5.41, 5.74) is 0. The van der Waals surface area contributed by atoms with E-state index >= 15 is 0 Å². The number of hydrogen-bond donors (Lipinski definition) is 0. The second-order valence-corrected chi connectivity index (χ2v) is 3.74. The maximum absolute atomic E-state index is 12.2. The predicted molar refractivity (Wildman–Crippen MR) is 56.4 cm³/mol. The van der Waals surface area contributed by atoms with Crippen LogP contribution in [-0.2, 0) is 32.7 Å². The van der Waals surface area contributed by atoms with Gasteiger partial charge in [-0.1, -0.05) is 40.0 Å². The molecule has 0 aromatic rings. The molecule has 0 aliphatic heterocycles. The zero-order chi connectivity index (χ0) is 12.1. The number of hydrogen-bond acceptors (Lipinski definition) is 1. The van der Waals surface area contributed by atoms with Crippen LogP contribution in [0.3, 0.4) is 0 Å². The Morgan fingerprint density at radius 3 is 2.06 bits per heavy atom. The number of rotatable bonds is 4. The Morgan fingerprint density at radius 2 is 1.75 bits per heavy atom. The summed E-state index contributed by atoms with van der Waals surface area (Å²) in [7, 11) is 0. The second-order valence-electron chi connectivity index (χ2n) is 3.74. The molecule has 0 fully saturated rings. The van der Waals surface area contributed by atoms with Crippen LogP contribution in [0.2, 0.25) is 0 Å². The van der Waals surface area contributed by atoms with Gasteiger partial charge in [0, 0.05) is 32.7 Å². The Labute approximate surface area is 120 Å². The summed E-state index contributed by atoms with van der Waals surface area (Å²) in [6, 6.07) is -1.68. The fraction of sp³-hybridized carbons (Fsp3) is 0.900. The largest absolute Gasteiger partial charge is 0.466 e. The summed E-state index contributed by atoms with van der Waals surface area (Å²) in [6.07, 6.45) is -3.02. The molecule has 93 valence electrons. The van der Waals surface area contributed by atoms with Gasteiger partial charge >= 0.3 is 6.18 Å². The Hall–Kier alpha value is 0.364. The molecule has 1 atom stereocenters. The predicted octanol–water partition coefficient (Wildman–Crippen LogP) is 3.92. The van der Waals surface area contributed by atoms with Crippen LogP contribution in [0.25, 0.3) is 5.32 Å². The van der Waals surface area contributed by atoms with E-state index in [1.54, 1.807) is 0 Å². The third kappa shape index (κ3) is 8.51. The molecule has 0 aliphatic rings. The quantitative estimate of drug-likeness (QED) is 0.556. The van der Waals surface area contributed by atoms with E-state index in [-0.39, 0.29) is 38.8 Å². The number of halogens is 3. The summed E-state index contributed by atoms with van der Waals surface area (Å²) in [5, 5.41) is 3.60. The van der Waals surface area contributed by atoms with Crippen molar-refractivity contribution >= 4 is 5.84 Å². The normalized spacial score (nSPS) is 14.6. The summed E-state index contributed by atoms with van der Waals surface area (Å²) in [6.45, 7) is 6.59. The zero-order valence-electron chi connectivity index (χ0n) is 10.2. The van der Waals surface area contributed by atoms with Gasteiger partial charge in [0.2, 0.25) is 0 Å². The summed E-state index contributed by atoms with van der Waals surface area (Å²) < 4.78 is 36.7. The molecule has 16 heavy (non-hydrogen) atoms. The van der Waals surface area contributed by atoms with E-state index in [0.717, 1.165) is 13.3 Å². The third-order valence-electron chi connectivity index (χ3n) is 1.70. The van der Waals surface area contributed by atoms with Crippen molar-refractivity contribution in [1.29, 1.82) is 0 Å². The molecular formula is C10H18F3N2Y-. The molecule has 0 rings (SSSR count). The molecule has 0 bridgehead atoms. The molecule has 0 saturated heterocycles. The minimum atomic E-state index is -4.27. The Bertz CT molecular complexity index is 215. The van der Waals surface area contributed by atoms with Gasteiger partial charge in [-0.3, -0.25) is 0 Å². The van der Waals surface area contributed by atoms with Crippen LogP contribution in [0.15, 0.2) is 4.99 Å². The van der Waals surface area contributed by atoms with Crippen molar-refractivity contribution < 1.29 is 45.9 Å². The first-order chi connectivity index (χ1) is 6.77. The van der Waals surface area contributed by atoms with E-state index in [4.69, 9.17) is 0 Å². The SMILES string of the molecule is CCCC(=NC(C)C)[N-]C(C)C(F)(F)F.[Y]. The second kappa shape index (κ2) is 8.45. The van der Waals surface area contributed by atoms with Crippen LogP contribution < -0.4 is 0 Å². The van der Waals surface area contributed by atoms with Gasteiger partial charge in [0.05, 0.1) is 6.04 Å². The van der Waals surface area contributed by atoms with Gasteiger partial charge in [0.1, 0.15) is 0 Å². The van der Waals surface area contributed by atoms with Gasteiger partial charge in [0.25, 0.3) is 0 Å². The topological polar surface area (TPSA) is 26.5 Å². The van der Waals surface area contributed by atoms with E-state index in [9.17, 15) is 13.2 Å². The molecule has 0 aromatic heterocycles. The molecule has 1 unspecified atom stereocenters. The van der Waals surface area contributed by atoms with E-state index in [2.05, 4.69) is 10.3 Å². The van der Waals surface area contributed by atoms with Gasteiger partial charge in [-0.25, -0.2) is 0 Å².